The van der Waals surface area contributed by atoms with E-state index < -0.39 is 5.82 Å². The maximum Gasteiger partial charge on any atom is 0.142 e. The van der Waals surface area contributed by atoms with E-state index in [1.807, 2.05) is 6.07 Å². The van der Waals surface area contributed by atoms with Crippen molar-refractivity contribution in [2.24, 2.45) is 0 Å². The molecule has 0 fully saturated rings. The Bertz CT molecular complexity index is 366. The number of halogens is 1. The van der Waals surface area contributed by atoms with Gasteiger partial charge >= 0.3 is 0 Å². The molecule has 1 aromatic rings. The number of hydrogen-bond donors (Lipinski definition) is 1. The van der Waals surface area contributed by atoms with Gasteiger partial charge in [0.1, 0.15) is 11.6 Å². The molecule has 66 valence electrons. The van der Waals surface area contributed by atoms with E-state index in [4.69, 9.17) is 11.0 Å². The highest BCUT2D eigenvalue weighted by molar-refractivity contribution is 5.60. The van der Waals surface area contributed by atoms with Crippen molar-refractivity contribution in [1.82, 2.24) is 4.98 Å². The Morgan fingerprint density at radius 3 is 3.15 bits per heavy atom. The predicted octanol–water partition coefficient (Wildman–Crippen LogP) is 1.73. The number of nitrogens with zero attached hydrogens (tertiary/aromatic N) is 2. The Balaban J connectivity index is 2.88. The van der Waals surface area contributed by atoms with Gasteiger partial charge in [-0.05, 0) is 6.07 Å². The van der Waals surface area contributed by atoms with Crippen LogP contribution in [-0.4, -0.2) is 4.98 Å². The van der Waals surface area contributed by atoms with Crippen LogP contribution in [0.15, 0.2) is 18.3 Å². The number of aromatic nitrogens is 1. The van der Waals surface area contributed by atoms with Crippen LogP contribution in [-0.2, 0) is 0 Å². The molecular formula is C9H8FN3. The third-order valence-corrected chi connectivity index (χ3v) is 1.42. The number of anilines is 1. The average molecular weight is 177 g/mol. The molecule has 0 spiro atoms. The predicted molar refractivity (Wildman–Crippen MR) is 47.9 cm³/mol. The topological polar surface area (TPSA) is 62.7 Å². The van der Waals surface area contributed by atoms with Crippen molar-refractivity contribution in [2.75, 3.05) is 5.73 Å². The van der Waals surface area contributed by atoms with Crippen LogP contribution in [0.5, 0.6) is 0 Å². The van der Waals surface area contributed by atoms with Crippen LogP contribution in [0.3, 0.4) is 0 Å². The van der Waals surface area contributed by atoms with E-state index in [2.05, 4.69) is 4.98 Å². The molecule has 1 rings (SSSR count). The number of rotatable bonds is 2. The summed E-state index contributed by atoms with van der Waals surface area (Å²) in [7, 11) is 0. The van der Waals surface area contributed by atoms with Crippen molar-refractivity contribution in [2.45, 2.75) is 6.42 Å². The highest BCUT2D eigenvalue weighted by Crippen LogP contribution is 2.11. The van der Waals surface area contributed by atoms with Crippen molar-refractivity contribution in [1.29, 1.82) is 5.26 Å². The molecule has 0 saturated carbocycles. The van der Waals surface area contributed by atoms with Crippen LogP contribution < -0.4 is 5.73 Å². The zero-order chi connectivity index (χ0) is 9.68. The molecule has 0 saturated heterocycles. The third-order valence-electron chi connectivity index (χ3n) is 1.42. The van der Waals surface area contributed by atoms with Crippen molar-refractivity contribution in [3.63, 3.8) is 0 Å². The smallest absolute Gasteiger partial charge is 0.142 e. The minimum absolute atomic E-state index is 0.260. The van der Waals surface area contributed by atoms with Crippen molar-refractivity contribution < 1.29 is 4.39 Å². The van der Waals surface area contributed by atoms with Crippen LogP contribution in [0, 0.1) is 17.1 Å². The molecule has 2 N–H and O–H groups in total. The second-order valence-corrected chi connectivity index (χ2v) is 2.39. The van der Waals surface area contributed by atoms with Gasteiger partial charge in [0.05, 0.1) is 18.7 Å². The fraction of sp³-hybridized carbons (Fsp3) is 0.111. The molecule has 0 bridgehead atoms. The van der Waals surface area contributed by atoms with Crippen molar-refractivity contribution in [3.05, 3.63) is 29.7 Å². The lowest BCUT2D eigenvalue weighted by molar-refractivity contribution is 0.621. The van der Waals surface area contributed by atoms with E-state index in [0.29, 0.717) is 5.56 Å². The summed E-state index contributed by atoms with van der Waals surface area (Å²) in [5, 5.41) is 8.25. The number of allylic oxidation sites excluding steroid dienone is 1. The van der Waals surface area contributed by atoms with Crippen LogP contribution in [0.1, 0.15) is 12.0 Å². The van der Waals surface area contributed by atoms with Gasteiger partial charge in [-0.25, -0.2) is 9.37 Å². The molecule has 3 nitrogen and oxygen atoms in total. The first-order valence-electron chi connectivity index (χ1n) is 3.68. The number of nitrogens with two attached hydrogens (primary N) is 1. The highest BCUT2D eigenvalue weighted by atomic mass is 19.1. The molecular weight excluding hydrogens is 169 g/mol. The Hall–Kier alpha value is -1.89. The summed E-state index contributed by atoms with van der Waals surface area (Å²) in [5.74, 6) is -0.179. The van der Waals surface area contributed by atoms with Gasteiger partial charge in [0, 0.05) is 5.56 Å². The number of nitrogen functional groups attached to an aromatic ring is 1. The molecule has 1 aromatic heterocycles. The Morgan fingerprint density at radius 1 is 1.69 bits per heavy atom. The minimum Gasteiger partial charge on any atom is -0.383 e. The fourth-order valence-electron chi connectivity index (χ4n) is 0.838. The number of nitriles is 1. The van der Waals surface area contributed by atoms with Gasteiger partial charge in [0.2, 0.25) is 0 Å². The minimum atomic E-state index is -0.439. The second kappa shape index (κ2) is 4.21. The molecule has 0 amide bonds. The quantitative estimate of drug-likeness (QED) is 0.748. The first-order chi connectivity index (χ1) is 6.24. The maximum absolute atomic E-state index is 12.6. The van der Waals surface area contributed by atoms with E-state index >= 15 is 0 Å². The molecule has 13 heavy (non-hydrogen) atoms. The van der Waals surface area contributed by atoms with Gasteiger partial charge in [-0.15, -0.1) is 0 Å². The summed E-state index contributed by atoms with van der Waals surface area (Å²) in [6.07, 6.45) is 4.51. The summed E-state index contributed by atoms with van der Waals surface area (Å²) < 4.78 is 12.6. The molecule has 1 heterocycles. The molecule has 0 aliphatic carbocycles. The molecule has 0 aliphatic rings. The monoisotopic (exact) mass is 177 g/mol. The zero-order valence-electron chi connectivity index (χ0n) is 6.87. The Kier molecular flexibility index (Phi) is 2.98. The maximum atomic E-state index is 12.6. The Labute approximate surface area is 75.3 Å². The SMILES string of the molecule is N#CCC=Cc1cc(F)cnc1N. The van der Waals surface area contributed by atoms with Gasteiger partial charge in [0.25, 0.3) is 0 Å². The zero-order valence-corrected chi connectivity index (χ0v) is 6.87. The first kappa shape index (κ1) is 9.20. The van der Waals surface area contributed by atoms with E-state index in [0.717, 1.165) is 6.20 Å². The average Bonchev–Trinajstić information content (AvgIpc) is 2.11. The molecule has 0 atom stereocenters. The van der Waals surface area contributed by atoms with E-state index in [1.165, 1.54) is 6.07 Å². The van der Waals surface area contributed by atoms with Gasteiger partial charge in [-0.3, -0.25) is 0 Å². The van der Waals surface area contributed by atoms with Gasteiger partial charge in [-0.1, -0.05) is 12.2 Å². The van der Waals surface area contributed by atoms with Crippen molar-refractivity contribution in [3.8, 4) is 6.07 Å². The van der Waals surface area contributed by atoms with E-state index in [1.54, 1.807) is 12.2 Å². The summed E-state index contributed by atoms with van der Waals surface area (Å²) in [5.41, 5.74) is 5.96. The standard InChI is InChI=1S/C9H8FN3/c10-8-5-7(3-1-2-4-11)9(12)13-6-8/h1,3,5-6H,2H2,(H2,12,13). The fourth-order valence-corrected chi connectivity index (χ4v) is 0.838. The molecule has 0 aromatic carbocycles. The largest absolute Gasteiger partial charge is 0.383 e. The normalized spacial score (nSPS) is 10.2. The number of pyridine rings is 1. The lowest BCUT2D eigenvalue weighted by Crippen LogP contribution is -1.94. The van der Waals surface area contributed by atoms with E-state index in [9.17, 15) is 4.39 Å². The van der Waals surface area contributed by atoms with Crippen LogP contribution >= 0.6 is 0 Å². The molecule has 0 aliphatic heterocycles. The first-order valence-corrected chi connectivity index (χ1v) is 3.68. The molecule has 0 radical (unpaired) electrons. The summed E-state index contributed by atoms with van der Waals surface area (Å²) in [6, 6.07) is 3.20. The van der Waals surface area contributed by atoms with Crippen LogP contribution in [0.2, 0.25) is 0 Å². The second-order valence-electron chi connectivity index (χ2n) is 2.39. The van der Waals surface area contributed by atoms with Gasteiger partial charge in [0.15, 0.2) is 0 Å². The van der Waals surface area contributed by atoms with Gasteiger partial charge < -0.3 is 5.73 Å². The van der Waals surface area contributed by atoms with E-state index in [-0.39, 0.29) is 12.2 Å². The summed E-state index contributed by atoms with van der Waals surface area (Å²) in [4.78, 5) is 3.63. The highest BCUT2D eigenvalue weighted by Gasteiger charge is 1.97. The Morgan fingerprint density at radius 2 is 2.46 bits per heavy atom. The lowest BCUT2D eigenvalue weighted by atomic mass is 10.2. The molecule has 4 heteroatoms. The lowest BCUT2D eigenvalue weighted by Gasteiger charge is -1.97. The number of hydrogen-bond acceptors (Lipinski definition) is 3. The molecule has 0 unspecified atom stereocenters. The van der Waals surface area contributed by atoms with Crippen LogP contribution in [0.4, 0.5) is 10.2 Å². The van der Waals surface area contributed by atoms with Crippen LogP contribution in [0.25, 0.3) is 6.08 Å². The third kappa shape index (κ3) is 2.56. The van der Waals surface area contributed by atoms with Gasteiger partial charge in [-0.2, -0.15) is 5.26 Å². The van der Waals surface area contributed by atoms with Crippen molar-refractivity contribution >= 4 is 11.9 Å². The summed E-state index contributed by atoms with van der Waals surface area (Å²) >= 11 is 0. The summed E-state index contributed by atoms with van der Waals surface area (Å²) in [6.45, 7) is 0.